The lowest BCUT2D eigenvalue weighted by Crippen LogP contribution is -2.35. The van der Waals surface area contributed by atoms with Gasteiger partial charge < -0.3 is 10.5 Å². The molecular weight excluding hydrogens is 192 g/mol. The van der Waals surface area contributed by atoms with Crippen molar-refractivity contribution in [2.75, 3.05) is 26.7 Å². The molecule has 0 aromatic rings. The number of hydrogen-bond donors (Lipinski definition) is 1. The van der Waals surface area contributed by atoms with E-state index in [0.717, 1.165) is 32.5 Å². The molecule has 0 spiro atoms. The number of likely N-dealkylation sites (tertiary alicyclic amines) is 1. The number of hydrogen-bond acceptors (Lipinski definition) is 4. The molecule has 0 radical (unpaired) electrons. The number of methoxy groups -OCH3 is 1. The molecule has 0 aliphatic carbocycles. The van der Waals surface area contributed by atoms with Gasteiger partial charge in [0.25, 0.3) is 0 Å². The molecular formula is C11H22N2O2. The second-order valence-corrected chi connectivity index (χ2v) is 4.23. The van der Waals surface area contributed by atoms with E-state index in [-0.39, 0.29) is 5.97 Å². The van der Waals surface area contributed by atoms with Crippen molar-refractivity contribution in [3.05, 3.63) is 0 Å². The number of carbonyl (C=O) groups excluding carboxylic acids is 1. The van der Waals surface area contributed by atoms with Gasteiger partial charge in [0.2, 0.25) is 0 Å². The van der Waals surface area contributed by atoms with E-state index in [2.05, 4.69) is 11.8 Å². The lowest BCUT2D eigenvalue weighted by Gasteiger charge is -2.25. The summed E-state index contributed by atoms with van der Waals surface area (Å²) in [5, 5.41) is 0. The summed E-state index contributed by atoms with van der Waals surface area (Å²) in [6.07, 6.45) is 2.66. The molecule has 0 aromatic heterocycles. The Morgan fingerprint density at radius 1 is 1.67 bits per heavy atom. The minimum absolute atomic E-state index is 0.113. The first-order chi connectivity index (χ1) is 7.21. The summed E-state index contributed by atoms with van der Waals surface area (Å²) in [6, 6.07) is 0.328. The van der Waals surface area contributed by atoms with Crippen molar-refractivity contribution < 1.29 is 9.53 Å². The average molecular weight is 214 g/mol. The standard InChI is InChI=1S/C11H22N2O2/c1-3-10(6-11(14)15-2)13-5-4-9(7-12)8-13/h9-10H,3-8,12H2,1-2H3. The molecule has 2 N–H and O–H groups in total. The molecule has 0 amide bonds. The van der Waals surface area contributed by atoms with Crippen LogP contribution in [0.4, 0.5) is 0 Å². The number of nitrogens with zero attached hydrogens (tertiary/aromatic N) is 1. The molecule has 2 unspecified atom stereocenters. The maximum atomic E-state index is 11.2. The number of esters is 1. The fourth-order valence-electron chi connectivity index (χ4n) is 2.19. The Hall–Kier alpha value is -0.610. The number of ether oxygens (including phenoxy) is 1. The first kappa shape index (κ1) is 12.5. The first-order valence-corrected chi connectivity index (χ1v) is 5.72. The molecule has 4 nitrogen and oxygen atoms in total. The van der Waals surface area contributed by atoms with E-state index >= 15 is 0 Å². The normalized spacial score (nSPS) is 24.1. The van der Waals surface area contributed by atoms with Crippen LogP contribution in [0, 0.1) is 5.92 Å². The fourth-order valence-corrected chi connectivity index (χ4v) is 2.19. The summed E-state index contributed by atoms with van der Waals surface area (Å²) in [5.41, 5.74) is 5.65. The van der Waals surface area contributed by atoms with Gasteiger partial charge in [-0.2, -0.15) is 0 Å². The molecule has 1 aliphatic rings. The molecule has 1 fully saturated rings. The maximum Gasteiger partial charge on any atom is 0.307 e. The largest absolute Gasteiger partial charge is 0.469 e. The Morgan fingerprint density at radius 3 is 2.87 bits per heavy atom. The molecule has 0 aromatic carbocycles. The molecule has 1 heterocycles. The Bertz CT molecular complexity index is 209. The third-order valence-corrected chi connectivity index (χ3v) is 3.27. The summed E-state index contributed by atoms with van der Waals surface area (Å²) in [4.78, 5) is 13.6. The zero-order chi connectivity index (χ0) is 11.3. The average Bonchev–Trinajstić information content (AvgIpc) is 2.73. The van der Waals surface area contributed by atoms with Gasteiger partial charge in [-0.3, -0.25) is 9.69 Å². The highest BCUT2D eigenvalue weighted by Crippen LogP contribution is 2.20. The van der Waals surface area contributed by atoms with Gasteiger partial charge in [0.05, 0.1) is 13.5 Å². The molecule has 88 valence electrons. The zero-order valence-electron chi connectivity index (χ0n) is 9.74. The Morgan fingerprint density at radius 2 is 2.40 bits per heavy atom. The van der Waals surface area contributed by atoms with Crippen LogP contribution < -0.4 is 5.73 Å². The molecule has 1 saturated heterocycles. The van der Waals surface area contributed by atoms with E-state index in [1.165, 1.54) is 7.11 Å². The van der Waals surface area contributed by atoms with E-state index in [9.17, 15) is 4.79 Å². The van der Waals surface area contributed by atoms with Crippen molar-refractivity contribution in [1.82, 2.24) is 4.90 Å². The lowest BCUT2D eigenvalue weighted by atomic mass is 10.1. The van der Waals surface area contributed by atoms with Gasteiger partial charge in [0, 0.05) is 12.6 Å². The van der Waals surface area contributed by atoms with Crippen LogP contribution in [0.3, 0.4) is 0 Å². The Kier molecular flexibility index (Phi) is 5.05. The van der Waals surface area contributed by atoms with Gasteiger partial charge in [-0.05, 0) is 31.8 Å². The highest BCUT2D eigenvalue weighted by Gasteiger charge is 2.27. The topological polar surface area (TPSA) is 55.6 Å². The highest BCUT2D eigenvalue weighted by atomic mass is 16.5. The van der Waals surface area contributed by atoms with Crippen molar-refractivity contribution in [2.24, 2.45) is 11.7 Å². The highest BCUT2D eigenvalue weighted by molar-refractivity contribution is 5.69. The predicted molar refractivity (Wildman–Crippen MR) is 59.4 cm³/mol. The summed E-state index contributed by atoms with van der Waals surface area (Å²) >= 11 is 0. The predicted octanol–water partition coefficient (Wildman–Crippen LogP) is 0.609. The van der Waals surface area contributed by atoms with Crippen LogP contribution in [0.15, 0.2) is 0 Å². The van der Waals surface area contributed by atoms with Gasteiger partial charge in [-0.1, -0.05) is 6.92 Å². The third kappa shape index (κ3) is 3.47. The van der Waals surface area contributed by atoms with Crippen LogP contribution in [0.2, 0.25) is 0 Å². The quantitative estimate of drug-likeness (QED) is 0.681. The molecule has 0 saturated carbocycles. The third-order valence-electron chi connectivity index (χ3n) is 3.27. The van der Waals surface area contributed by atoms with Crippen LogP contribution >= 0.6 is 0 Å². The number of nitrogens with two attached hydrogens (primary N) is 1. The molecule has 1 rings (SSSR count). The van der Waals surface area contributed by atoms with Crippen LogP contribution in [0.1, 0.15) is 26.2 Å². The minimum atomic E-state index is -0.113. The van der Waals surface area contributed by atoms with Gasteiger partial charge in [0.15, 0.2) is 0 Å². The summed E-state index contributed by atoms with van der Waals surface area (Å²) < 4.78 is 4.70. The monoisotopic (exact) mass is 214 g/mol. The van der Waals surface area contributed by atoms with Crippen LogP contribution in [0.5, 0.6) is 0 Å². The van der Waals surface area contributed by atoms with Gasteiger partial charge in [-0.15, -0.1) is 0 Å². The van der Waals surface area contributed by atoms with Crippen molar-refractivity contribution in [2.45, 2.75) is 32.2 Å². The second kappa shape index (κ2) is 6.08. The summed E-state index contributed by atoms with van der Waals surface area (Å²) in [5.74, 6) is 0.495. The van der Waals surface area contributed by atoms with Gasteiger partial charge in [-0.25, -0.2) is 0 Å². The molecule has 4 heteroatoms. The van der Waals surface area contributed by atoms with E-state index in [1.807, 2.05) is 0 Å². The van der Waals surface area contributed by atoms with Crippen LogP contribution in [-0.2, 0) is 9.53 Å². The summed E-state index contributed by atoms with van der Waals surface area (Å²) in [7, 11) is 1.45. The van der Waals surface area contributed by atoms with Crippen LogP contribution in [0.25, 0.3) is 0 Å². The lowest BCUT2D eigenvalue weighted by molar-refractivity contribution is -0.142. The van der Waals surface area contributed by atoms with E-state index < -0.39 is 0 Å². The van der Waals surface area contributed by atoms with E-state index in [4.69, 9.17) is 10.5 Å². The fraction of sp³-hybridized carbons (Fsp3) is 0.909. The zero-order valence-corrected chi connectivity index (χ0v) is 9.74. The number of rotatable bonds is 5. The minimum Gasteiger partial charge on any atom is -0.469 e. The van der Waals surface area contributed by atoms with E-state index in [1.54, 1.807) is 0 Å². The smallest absolute Gasteiger partial charge is 0.307 e. The Balaban J connectivity index is 2.42. The van der Waals surface area contributed by atoms with Crippen molar-refractivity contribution in [1.29, 1.82) is 0 Å². The number of carbonyl (C=O) groups is 1. The summed E-state index contributed by atoms with van der Waals surface area (Å²) in [6.45, 7) is 4.97. The van der Waals surface area contributed by atoms with Crippen molar-refractivity contribution in [3.8, 4) is 0 Å². The van der Waals surface area contributed by atoms with Gasteiger partial charge >= 0.3 is 5.97 Å². The molecule has 15 heavy (non-hydrogen) atoms. The Labute approximate surface area is 91.8 Å². The SMILES string of the molecule is CCC(CC(=O)OC)N1CCC(CN)C1. The van der Waals surface area contributed by atoms with Crippen molar-refractivity contribution in [3.63, 3.8) is 0 Å². The van der Waals surface area contributed by atoms with E-state index in [0.29, 0.717) is 18.4 Å². The molecule has 2 atom stereocenters. The maximum absolute atomic E-state index is 11.2. The second-order valence-electron chi connectivity index (χ2n) is 4.23. The molecule has 1 aliphatic heterocycles. The van der Waals surface area contributed by atoms with Crippen LogP contribution in [-0.4, -0.2) is 43.7 Å². The molecule has 0 bridgehead atoms. The van der Waals surface area contributed by atoms with Gasteiger partial charge in [0.1, 0.15) is 0 Å². The van der Waals surface area contributed by atoms with Crippen molar-refractivity contribution >= 4 is 5.97 Å². The first-order valence-electron chi connectivity index (χ1n) is 5.72.